The van der Waals surface area contributed by atoms with E-state index in [1.165, 1.54) is 50.5 Å². The van der Waals surface area contributed by atoms with Crippen molar-refractivity contribution in [1.29, 1.82) is 0 Å². The molecule has 0 unspecified atom stereocenters. The molecule has 0 amide bonds. The van der Waals surface area contributed by atoms with E-state index in [9.17, 15) is 0 Å². The van der Waals surface area contributed by atoms with Crippen molar-refractivity contribution in [3.05, 3.63) is 80.9 Å². The molecule has 2 aliphatic carbocycles. The fourth-order valence-electron chi connectivity index (χ4n) is 4.65. The van der Waals surface area contributed by atoms with Crippen LogP contribution in [0.4, 0.5) is 0 Å². The summed E-state index contributed by atoms with van der Waals surface area (Å²) < 4.78 is 1.60. The molecule has 0 aliphatic heterocycles. The molecule has 0 bridgehead atoms. The topological polar surface area (TPSA) is 0 Å². The SMILES string of the molecule is [Cl-].[Cl-].[Cl-].[Ti+3][C]1=C(CC2CCCCC2)CC([SiH2]c2ccccc2)=C1c1ccccc1. The van der Waals surface area contributed by atoms with Crippen molar-refractivity contribution in [3.8, 4) is 0 Å². The number of benzene rings is 2. The molecule has 0 heterocycles. The molecule has 5 heteroatoms. The molecule has 2 aliphatic rings. The molecule has 1 saturated carbocycles. The van der Waals surface area contributed by atoms with E-state index in [2.05, 4.69) is 81.1 Å². The summed E-state index contributed by atoms with van der Waals surface area (Å²) in [7, 11) is -0.390. The average molecular weight is 498 g/mol. The van der Waals surface area contributed by atoms with Crippen LogP contribution in [0.2, 0.25) is 0 Å². The molecule has 0 N–H and O–H groups in total. The van der Waals surface area contributed by atoms with Gasteiger partial charge < -0.3 is 37.2 Å². The summed E-state index contributed by atoms with van der Waals surface area (Å²) >= 11 is 2.40. The number of hydrogen-bond acceptors (Lipinski definition) is 0. The van der Waals surface area contributed by atoms with Crippen LogP contribution in [-0.2, 0) is 20.4 Å². The molecule has 152 valence electrons. The van der Waals surface area contributed by atoms with Gasteiger partial charge in [-0.2, -0.15) is 0 Å². The Morgan fingerprint density at radius 3 is 2.00 bits per heavy atom. The molecule has 0 atom stereocenters. The van der Waals surface area contributed by atoms with Crippen LogP contribution in [-0.4, -0.2) is 9.52 Å². The molecule has 2 aromatic carbocycles. The number of rotatable bonds is 5. The first-order chi connectivity index (χ1) is 12.8. The van der Waals surface area contributed by atoms with Crippen LogP contribution in [0.5, 0.6) is 0 Å². The Balaban J connectivity index is 0.00000140. The fraction of sp³-hybridized carbons (Fsp3) is 0.333. The van der Waals surface area contributed by atoms with Gasteiger partial charge in [-0.05, 0) is 0 Å². The van der Waals surface area contributed by atoms with Gasteiger partial charge in [-0.15, -0.1) is 0 Å². The van der Waals surface area contributed by atoms with E-state index in [0.717, 1.165) is 5.92 Å². The molecule has 29 heavy (non-hydrogen) atoms. The van der Waals surface area contributed by atoms with Crippen molar-refractivity contribution in [2.75, 3.05) is 0 Å². The first-order valence-electron chi connectivity index (χ1n) is 10.1. The van der Waals surface area contributed by atoms with Crippen LogP contribution < -0.4 is 42.4 Å². The standard InChI is InChI=1S/C24H27Si.3ClH.Ti/c1-4-10-19(11-5-1)16-20-17-23(21-12-6-2-7-13-21)24(18-20)25-22-14-8-3-9-15-22;;;;/h2-3,6-9,12-15,19H,1,4-5,10-11,16,18,25H2;3*1H;/q;;;;+3/p-3. The predicted molar refractivity (Wildman–Crippen MR) is 111 cm³/mol. The Labute approximate surface area is 208 Å². The van der Waals surface area contributed by atoms with Gasteiger partial charge >= 0.3 is 172 Å². The van der Waals surface area contributed by atoms with E-state index in [4.69, 9.17) is 0 Å². The van der Waals surface area contributed by atoms with Crippen LogP contribution in [0.25, 0.3) is 5.57 Å². The Bertz CT molecular complexity index is 813. The van der Waals surface area contributed by atoms with E-state index < -0.39 is 0 Å². The molecule has 4 rings (SSSR count). The Hall–Kier alpha value is -0.279. The molecular weight excluding hydrogens is 471 g/mol. The Morgan fingerprint density at radius 2 is 1.38 bits per heavy atom. The van der Waals surface area contributed by atoms with Gasteiger partial charge in [0.15, 0.2) is 0 Å². The molecule has 0 aromatic heterocycles. The minimum absolute atomic E-state index is 0. The summed E-state index contributed by atoms with van der Waals surface area (Å²) in [6, 6.07) is 22.3. The second-order valence-electron chi connectivity index (χ2n) is 7.87. The number of hydrogen-bond donors (Lipinski definition) is 0. The van der Waals surface area contributed by atoms with Gasteiger partial charge in [-0.25, -0.2) is 0 Å². The van der Waals surface area contributed by atoms with Gasteiger partial charge in [0.2, 0.25) is 0 Å². The van der Waals surface area contributed by atoms with Gasteiger partial charge in [0.25, 0.3) is 0 Å². The first kappa shape index (κ1) is 26.8. The Kier molecular flexibility index (Phi) is 12.2. The maximum atomic E-state index is 2.40. The van der Waals surface area contributed by atoms with Crippen LogP contribution in [0.3, 0.4) is 0 Å². The predicted octanol–water partition coefficient (Wildman–Crippen LogP) is -3.92. The first-order valence-corrected chi connectivity index (χ1v) is 12.3. The van der Waals surface area contributed by atoms with Crippen molar-refractivity contribution in [3.63, 3.8) is 0 Å². The average Bonchev–Trinajstić information content (AvgIpc) is 2.99. The number of allylic oxidation sites excluding steroid dienone is 4. The van der Waals surface area contributed by atoms with Crippen molar-refractivity contribution in [1.82, 2.24) is 0 Å². The van der Waals surface area contributed by atoms with Crippen molar-refractivity contribution in [2.45, 2.75) is 44.9 Å². The maximum absolute atomic E-state index is 2.40. The summed E-state index contributed by atoms with van der Waals surface area (Å²) in [6.45, 7) is 0. The van der Waals surface area contributed by atoms with E-state index >= 15 is 0 Å². The van der Waals surface area contributed by atoms with E-state index in [1.807, 2.05) is 0 Å². The molecule has 0 radical (unpaired) electrons. The van der Waals surface area contributed by atoms with Crippen LogP contribution in [0, 0.1) is 5.92 Å². The summed E-state index contributed by atoms with van der Waals surface area (Å²) in [4.78, 5) is 0. The van der Waals surface area contributed by atoms with Crippen molar-refractivity contribution < 1.29 is 57.7 Å². The number of halogens is 3. The second kappa shape index (κ2) is 13.2. The summed E-state index contributed by atoms with van der Waals surface area (Å²) in [5, 5.41) is 3.33. The molecular formula is C24H27Cl3SiTi. The van der Waals surface area contributed by atoms with Crippen LogP contribution >= 0.6 is 0 Å². The fourth-order valence-corrected chi connectivity index (χ4v) is 7.71. The normalized spacial score (nSPS) is 17.2. The molecule has 0 saturated heterocycles. The van der Waals surface area contributed by atoms with Gasteiger partial charge in [0.1, 0.15) is 0 Å². The van der Waals surface area contributed by atoms with Gasteiger partial charge in [0, 0.05) is 0 Å². The van der Waals surface area contributed by atoms with Gasteiger partial charge in [-0.1, -0.05) is 0 Å². The monoisotopic (exact) mass is 496 g/mol. The third-order valence-corrected chi connectivity index (χ3v) is 8.82. The van der Waals surface area contributed by atoms with E-state index in [-0.39, 0.29) is 46.7 Å². The summed E-state index contributed by atoms with van der Waals surface area (Å²) in [6.07, 6.45) is 9.83. The van der Waals surface area contributed by atoms with Crippen molar-refractivity contribution in [2.24, 2.45) is 5.92 Å². The van der Waals surface area contributed by atoms with Crippen LogP contribution in [0.15, 0.2) is 75.3 Å². The third kappa shape index (κ3) is 6.86. The second-order valence-corrected chi connectivity index (χ2v) is 10.7. The summed E-state index contributed by atoms with van der Waals surface area (Å²) in [5.74, 6) is 0.934. The van der Waals surface area contributed by atoms with E-state index in [0.29, 0.717) is 0 Å². The Morgan fingerprint density at radius 1 is 0.793 bits per heavy atom. The van der Waals surface area contributed by atoms with Gasteiger partial charge in [0.05, 0.1) is 0 Å². The van der Waals surface area contributed by atoms with E-state index in [1.54, 1.807) is 25.4 Å². The van der Waals surface area contributed by atoms with Crippen LogP contribution in [0.1, 0.15) is 50.5 Å². The molecule has 1 fully saturated rings. The minimum atomic E-state index is -0.390. The molecule has 0 spiro atoms. The zero-order valence-electron chi connectivity index (χ0n) is 16.6. The van der Waals surface area contributed by atoms with Gasteiger partial charge in [-0.3, -0.25) is 0 Å². The molecule has 0 nitrogen and oxygen atoms in total. The zero-order chi connectivity index (χ0) is 17.8. The third-order valence-electron chi connectivity index (χ3n) is 5.97. The zero-order valence-corrected chi connectivity index (χ0v) is 21.9. The summed E-state index contributed by atoms with van der Waals surface area (Å²) in [5.41, 5.74) is 4.77. The quantitative estimate of drug-likeness (QED) is 0.371. The molecule has 2 aromatic rings. The van der Waals surface area contributed by atoms with Crippen molar-refractivity contribution >= 4 is 20.3 Å².